The van der Waals surface area contributed by atoms with Crippen molar-refractivity contribution in [2.24, 2.45) is 5.73 Å². The lowest BCUT2D eigenvalue weighted by atomic mass is 9.83. The molecule has 0 aliphatic heterocycles. The summed E-state index contributed by atoms with van der Waals surface area (Å²) in [5.41, 5.74) is 9.85. The molecular weight excluding hydrogens is 246 g/mol. The van der Waals surface area contributed by atoms with E-state index in [-0.39, 0.29) is 6.04 Å². The number of nitrogens with zero attached hydrogens (tertiary/aromatic N) is 2. The topological polar surface area (TPSA) is 51.8 Å². The van der Waals surface area contributed by atoms with E-state index in [1.54, 1.807) is 0 Å². The smallest absolute Gasteiger partial charge is 0.131 e. The molecule has 3 heteroatoms. The number of aryl methyl sites for hydroxylation is 1. The van der Waals surface area contributed by atoms with Crippen LogP contribution in [-0.4, -0.2) is 16.0 Å². The van der Waals surface area contributed by atoms with Crippen LogP contribution in [0.5, 0.6) is 0 Å². The highest BCUT2D eigenvalue weighted by Crippen LogP contribution is 2.30. The van der Waals surface area contributed by atoms with Gasteiger partial charge >= 0.3 is 0 Å². The first-order valence-electron chi connectivity index (χ1n) is 7.36. The third-order valence-electron chi connectivity index (χ3n) is 3.97. The average molecular weight is 267 g/mol. The van der Waals surface area contributed by atoms with Crippen LogP contribution in [0.15, 0.2) is 36.5 Å². The molecule has 0 fully saturated rings. The van der Waals surface area contributed by atoms with Crippen LogP contribution < -0.4 is 5.73 Å². The summed E-state index contributed by atoms with van der Waals surface area (Å²) in [6, 6.07) is 10.8. The highest BCUT2D eigenvalue weighted by Gasteiger charge is 2.22. The fourth-order valence-electron chi connectivity index (χ4n) is 2.97. The molecule has 0 bridgehead atoms. The normalized spacial score (nSPS) is 19.4. The largest absolute Gasteiger partial charge is 0.328 e. The number of rotatable bonds is 3. The van der Waals surface area contributed by atoms with Gasteiger partial charge in [-0.25, -0.2) is 9.97 Å². The number of aromatic nitrogens is 2. The summed E-state index contributed by atoms with van der Waals surface area (Å²) in [5, 5.41) is 0. The molecule has 0 radical (unpaired) electrons. The summed E-state index contributed by atoms with van der Waals surface area (Å²) in [4.78, 5) is 9.21. The number of hydrogen-bond donors (Lipinski definition) is 1. The van der Waals surface area contributed by atoms with Gasteiger partial charge in [0.05, 0.1) is 0 Å². The fourth-order valence-corrected chi connectivity index (χ4v) is 2.97. The van der Waals surface area contributed by atoms with Crippen molar-refractivity contribution in [2.75, 3.05) is 0 Å². The lowest BCUT2D eigenvalue weighted by Crippen LogP contribution is -2.20. The van der Waals surface area contributed by atoms with Gasteiger partial charge < -0.3 is 5.73 Å². The molecule has 1 aromatic carbocycles. The number of benzene rings is 1. The lowest BCUT2D eigenvalue weighted by molar-refractivity contribution is 0.550. The molecular formula is C17H21N3. The molecule has 0 spiro atoms. The van der Waals surface area contributed by atoms with Crippen LogP contribution in [0.3, 0.4) is 0 Å². The summed E-state index contributed by atoms with van der Waals surface area (Å²) < 4.78 is 0. The Morgan fingerprint density at radius 3 is 2.85 bits per heavy atom. The molecule has 3 nitrogen and oxygen atoms in total. The highest BCUT2D eigenvalue weighted by molar-refractivity contribution is 5.31. The van der Waals surface area contributed by atoms with Crippen molar-refractivity contribution in [2.45, 2.75) is 44.6 Å². The molecule has 1 aliphatic carbocycles. The Labute approximate surface area is 120 Å². The van der Waals surface area contributed by atoms with Gasteiger partial charge in [-0.3, -0.25) is 0 Å². The van der Waals surface area contributed by atoms with Gasteiger partial charge in [-0.1, -0.05) is 24.3 Å². The average Bonchev–Trinajstić information content (AvgIpc) is 2.46. The summed E-state index contributed by atoms with van der Waals surface area (Å²) in [6.07, 6.45) is 6.01. The highest BCUT2D eigenvalue weighted by atomic mass is 14.9. The van der Waals surface area contributed by atoms with E-state index in [1.165, 1.54) is 11.1 Å². The second kappa shape index (κ2) is 5.71. The minimum absolute atomic E-state index is 0.143. The van der Waals surface area contributed by atoms with E-state index in [1.807, 2.05) is 19.2 Å². The summed E-state index contributed by atoms with van der Waals surface area (Å²) in [7, 11) is 0. The molecule has 0 saturated carbocycles. The Balaban J connectivity index is 1.81. The van der Waals surface area contributed by atoms with Crippen molar-refractivity contribution < 1.29 is 0 Å². The van der Waals surface area contributed by atoms with Crippen molar-refractivity contribution in [3.8, 4) is 0 Å². The Hall–Kier alpha value is -1.74. The zero-order valence-electron chi connectivity index (χ0n) is 11.9. The summed E-state index contributed by atoms with van der Waals surface area (Å²) >= 11 is 0. The van der Waals surface area contributed by atoms with Gasteiger partial charge in [0.1, 0.15) is 5.82 Å². The molecule has 0 amide bonds. The van der Waals surface area contributed by atoms with Gasteiger partial charge in [0.15, 0.2) is 0 Å². The van der Waals surface area contributed by atoms with Gasteiger partial charge in [0, 0.05) is 30.3 Å². The summed E-state index contributed by atoms with van der Waals surface area (Å²) in [5.74, 6) is 1.43. The Morgan fingerprint density at radius 2 is 2.05 bits per heavy atom. The molecule has 1 aliphatic rings. The lowest BCUT2D eigenvalue weighted by Gasteiger charge is -2.23. The molecule has 3 rings (SSSR count). The monoisotopic (exact) mass is 267 g/mol. The van der Waals surface area contributed by atoms with Crippen molar-refractivity contribution in [3.05, 3.63) is 59.2 Å². The van der Waals surface area contributed by atoms with Gasteiger partial charge in [0.2, 0.25) is 0 Å². The van der Waals surface area contributed by atoms with Gasteiger partial charge in [0.25, 0.3) is 0 Å². The van der Waals surface area contributed by atoms with Gasteiger partial charge in [-0.05, 0) is 43.4 Å². The van der Waals surface area contributed by atoms with E-state index in [2.05, 4.69) is 29.2 Å². The Morgan fingerprint density at radius 1 is 1.25 bits per heavy atom. The van der Waals surface area contributed by atoms with Gasteiger partial charge in [-0.2, -0.15) is 0 Å². The van der Waals surface area contributed by atoms with E-state index in [0.717, 1.165) is 37.2 Å². The van der Waals surface area contributed by atoms with E-state index in [9.17, 15) is 0 Å². The molecule has 1 heterocycles. The van der Waals surface area contributed by atoms with Gasteiger partial charge in [-0.15, -0.1) is 0 Å². The van der Waals surface area contributed by atoms with Crippen LogP contribution in [0.25, 0.3) is 0 Å². The van der Waals surface area contributed by atoms with Crippen LogP contribution in [0.1, 0.15) is 41.9 Å². The van der Waals surface area contributed by atoms with Crippen LogP contribution in [0, 0.1) is 0 Å². The first kappa shape index (κ1) is 13.3. The zero-order chi connectivity index (χ0) is 13.9. The van der Waals surface area contributed by atoms with Crippen molar-refractivity contribution in [3.63, 3.8) is 0 Å². The second-order valence-corrected chi connectivity index (χ2v) is 5.80. The van der Waals surface area contributed by atoms with Crippen molar-refractivity contribution in [1.82, 2.24) is 9.97 Å². The van der Waals surface area contributed by atoms with Crippen LogP contribution >= 0.6 is 0 Å². The molecule has 1 aromatic heterocycles. The minimum Gasteiger partial charge on any atom is -0.328 e. The molecule has 2 unspecified atom stereocenters. The Bertz CT molecular complexity index is 592. The fraction of sp³-hybridized carbons (Fsp3) is 0.412. The third-order valence-corrected chi connectivity index (χ3v) is 3.97. The predicted molar refractivity (Wildman–Crippen MR) is 80.6 cm³/mol. The maximum absolute atomic E-state index is 5.86. The number of nitrogens with two attached hydrogens (primary N) is 1. The molecule has 2 aromatic rings. The molecule has 2 atom stereocenters. The third kappa shape index (κ3) is 2.88. The zero-order valence-corrected chi connectivity index (χ0v) is 11.9. The first-order valence-corrected chi connectivity index (χ1v) is 7.36. The van der Waals surface area contributed by atoms with Crippen LogP contribution in [0.4, 0.5) is 0 Å². The summed E-state index contributed by atoms with van der Waals surface area (Å²) in [6.45, 7) is 2.01. The number of fused-ring (bicyclic) bond motifs is 1. The van der Waals surface area contributed by atoms with Crippen molar-refractivity contribution in [1.29, 1.82) is 0 Å². The van der Waals surface area contributed by atoms with E-state index < -0.39 is 0 Å². The maximum Gasteiger partial charge on any atom is 0.131 e. The van der Waals surface area contributed by atoms with E-state index >= 15 is 0 Å². The van der Waals surface area contributed by atoms with E-state index in [0.29, 0.717) is 5.92 Å². The predicted octanol–water partition coefficient (Wildman–Crippen LogP) is 2.64. The SMILES string of the molecule is CC(N)Cc1ccnc(C2CCc3ccccc3C2)n1. The van der Waals surface area contributed by atoms with E-state index in [4.69, 9.17) is 10.7 Å². The first-order chi connectivity index (χ1) is 9.72. The number of hydrogen-bond acceptors (Lipinski definition) is 3. The standard InChI is InChI=1S/C17H21N3/c1-12(18)10-16-8-9-19-17(20-16)15-7-6-13-4-2-3-5-14(13)11-15/h2-5,8-9,12,15H,6-7,10-11,18H2,1H3. The maximum atomic E-state index is 5.86. The molecule has 0 saturated heterocycles. The van der Waals surface area contributed by atoms with Crippen LogP contribution in [0.2, 0.25) is 0 Å². The van der Waals surface area contributed by atoms with Crippen molar-refractivity contribution >= 4 is 0 Å². The quantitative estimate of drug-likeness (QED) is 0.930. The van der Waals surface area contributed by atoms with Crippen LogP contribution in [-0.2, 0) is 19.3 Å². The Kier molecular flexibility index (Phi) is 3.79. The molecule has 2 N–H and O–H groups in total. The minimum atomic E-state index is 0.143. The second-order valence-electron chi connectivity index (χ2n) is 5.80. The molecule has 20 heavy (non-hydrogen) atoms. The molecule has 104 valence electrons.